The summed E-state index contributed by atoms with van der Waals surface area (Å²) in [6.07, 6.45) is -4.59. The zero-order valence-corrected chi connectivity index (χ0v) is 11.6. The van der Waals surface area contributed by atoms with Gasteiger partial charge in [-0.25, -0.2) is 4.79 Å². The van der Waals surface area contributed by atoms with Crippen molar-refractivity contribution in [3.63, 3.8) is 0 Å². The monoisotopic (exact) mass is 306 g/mol. The number of hydrogen-bond donors (Lipinski definition) is 2. The predicted molar refractivity (Wildman–Crippen MR) is 72.4 cm³/mol. The van der Waals surface area contributed by atoms with E-state index < -0.39 is 23.8 Å². The molecule has 0 aliphatic heterocycles. The molecule has 1 aromatic rings. The van der Waals surface area contributed by atoms with E-state index in [9.17, 15) is 18.0 Å². The average Bonchev–Trinajstić information content (AvgIpc) is 2.36. The highest BCUT2D eigenvalue weighted by Gasteiger charge is 2.34. The van der Waals surface area contributed by atoms with Crippen molar-refractivity contribution >= 4 is 28.9 Å². The molecular weight excluding hydrogens is 293 g/mol. The fourth-order valence-electron chi connectivity index (χ4n) is 1.57. The third-order valence-electron chi connectivity index (χ3n) is 2.53. The number of nitrogens with one attached hydrogen (secondary N) is 1. The van der Waals surface area contributed by atoms with Crippen molar-refractivity contribution < 1.29 is 22.7 Å². The van der Waals surface area contributed by atoms with E-state index in [0.29, 0.717) is 0 Å². The molecule has 0 saturated heterocycles. The first-order valence-corrected chi connectivity index (χ1v) is 5.93. The van der Waals surface area contributed by atoms with Crippen molar-refractivity contribution in [2.24, 2.45) is 5.73 Å². The van der Waals surface area contributed by atoms with Crippen LogP contribution in [0.15, 0.2) is 18.2 Å². The Bertz CT molecular complexity index is 532. The molecule has 3 N–H and O–H groups in total. The molecule has 1 aromatic carbocycles. The molecule has 110 valence electrons. The van der Waals surface area contributed by atoms with Crippen LogP contribution in [0, 0.1) is 0 Å². The zero-order valence-electron chi connectivity index (χ0n) is 10.7. The molecule has 0 fully saturated rings. The Labute approximate surface area is 119 Å². The standard InChI is InChI=1S/C12H13F3N2O2S/c1-6(11(18)19-2)17-7-3-4-8(10(16)20)9(5-7)12(13,14)15/h3-6,17H,1-2H3,(H2,16,20). The van der Waals surface area contributed by atoms with E-state index in [0.717, 1.165) is 12.1 Å². The summed E-state index contributed by atoms with van der Waals surface area (Å²) in [5.74, 6) is -0.586. The molecule has 8 heteroatoms. The fourth-order valence-corrected chi connectivity index (χ4v) is 1.75. The van der Waals surface area contributed by atoms with E-state index >= 15 is 0 Å². The van der Waals surface area contributed by atoms with Crippen LogP contribution in [0.1, 0.15) is 18.1 Å². The van der Waals surface area contributed by atoms with Crippen LogP contribution in [-0.4, -0.2) is 24.1 Å². The summed E-state index contributed by atoms with van der Waals surface area (Å²) in [5.41, 5.74) is 4.18. The van der Waals surface area contributed by atoms with Gasteiger partial charge in [0.1, 0.15) is 11.0 Å². The molecule has 0 amide bonds. The number of nitrogens with two attached hydrogens (primary N) is 1. The van der Waals surface area contributed by atoms with Crippen LogP contribution in [-0.2, 0) is 15.7 Å². The quantitative estimate of drug-likeness (QED) is 0.660. The van der Waals surface area contributed by atoms with E-state index in [-0.39, 0.29) is 16.2 Å². The van der Waals surface area contributed by atoms with Gasteiger partial charge in [0, 0.05) is 11.3 Å². The molecule has 1 rings (SSSR count). The number of benzene rings is 1. The maximum atomic E-state index is 12.9. The Kier molecular flexibility index (Phi) is 4.93. The summed E-state index contributed by atoms with van der Waals surface area (Å²) in [6, 6.07) is 2.60. The van der Waals surface area contributed by atoms with Crippen LogP contribution in [0.5, 0.6) is 0 Å². The van der Waals surface area contributed by atoms with E-state index in [2.05, 4.69) is 22.3 Å². The number of rotatable bonds is 4. The number of esters is 1. The minimum atomic E-state index is -4.59. The molecule has 0 spiro atoms. The van der Waals surface area contributed by atoms with Gasteiger partial charge in [-0.2, -0.15) is 13.2 Å². The number of methoxy groups -OCH3 is 1. The van der Waals surface area contributed by atoms with Crippen molar-refractivity contribution in [2.45, 2.75) is 19.1 Å². The molecule has 4 nitrogen and oxygen atoms in total. The van der Waals surface area contributed by atoms with Crippen LogP contribution < -0.4 is 11.1 Å². The molecular formula is C12H13F3N2O2S. The number of ether oxygens (including phenoxy) is 1. The molecule has 0 aromatic heterocycles. The maximum Gasteiger partial charge on any atom is 0.417 e. The fraction of sp³-hybridized carbons (Fsp3) is 0.333. The minimum absolute atomic E-state index is 0.121. The highest BCUT2D eigenvalue weighted by atomic mass is 32.1. The van der Waals surface area contributed by atoms with Crippen LogP contribution in [0.25, 0.3) is 0 Å². The summed E-state index contributed by atoms with van der Waals surface area (Å²) in [6.45, 7) is 1.47. The topological polar surface area (TPSA) is 64.3 Å². The Morgan fingerprint density at radius 1 is 1.45 bits per heavy atom. The number of halogens is 3. The molecule has 1 unspecified atom stereocenters. The molecule has 0 aliphatic rings. The lowest BCUT2D eigenvalue weighted by atomic mass is 10.1. The van der Waals surface area contributed by atoms with Crippen LogP contribution in [0.3, 0.4) is 0 Å². The molecule has 0 bridgehead atoms. The Hall–Kier alpha value is -1.83. The molecule has 0 heterocycles. The lowest BCUT2D eigenvalue weighted by Crippen LogP contribution is -2.27. The van der Waals surface area contributed by atoms with Gasteiger partial charge in [-0.05, 0) is 25.1 Å². The molecule has 20 heavy (non-hydrogen) atoms. The number of carbonyl (C=O) groups excluding carboxylic acids is 1. The third kappa shape index (κ3) is 3.83. The summed E-state index contributed by atoms with van der Waals surface area (Å²) >= 11 is 4.59. The van der Waals surface area contributed by atoms with Gasteiger partial charge in [-0.15, -0.1) is 0 Å². The summed E-state index contributed by atoms with van der Waals surface area (Å²) < 4.78 is 43.2. The second kappa shape index (κ2) is 6.08. The van der Waals surface area contributed by atoms with E-state index in [1.807, 2.05) is 0 Å². The molecule has 0 saturated carbocycles. The van der Waals surface area contributed by atoms with Gasteiger partial charge in [0.25, 0.3) is 0 Å². The third-order valence-corrected chi connectivity index (χ3v) is 2.75. The van der Waals surface area contributed by atoms with Gasteiger partial charge in [0.2, 0.25) is 0 Å². The zero-order chi connectivity index (χ0) is 15.5. The summed E-state index contributed by atoms with van der Waals surface area (Å²) in [7, 11) is 1.19. The number of alkyl halides is 3. The number of anilines is 1. The largest absolute Gasteiger partial charge is 0.467 e. The molecule has 0 aliphatic carbocycles. The van der Waals surface area contributed by atoms with E-state index in [4.69, 9.17) is 5.73 Å². The Balaban J connectivity index is 3.14. The summed E-state index contributed by atoms with van der Waals surface area (Å²) in [5, 5.41) is 2.61. The van der Waals surface area contributed by atoms with E-state index in [1.54, 1.807) is 0 Å². The predicted octanol–water partition coefficient (Wildman–Crippen LogP) is 2.31. The average molecular weight is 306 g/mol. The van der Waals surface area contributed by atoms with Gasteiger partial charge < -0.3 is 15.8 Å². The number of carbonyl (C=O) groups is 1. The molecule has 0 radical (unpaired) electrons. The lowest BCUT2D eigenvalue weighted by molar-refractivity contribution is -0.141. The van der Waals surface area contributed by atoms with Crippen molar-refractivity contribution in [1.29, 1.82) is 0 Å². The second-order valence-corrected chi connectivity index (χ2v) is 4.45. The van der Waals surface area contributed by atoms with Crippen molar-refractivity contribution in [1.82, 2.24) is 0 Å². The normalized spacial score (nSPS) is 12.7. The van der Waals surface area contributed by atoms with Crippen molar-refractivity contribution in [2.75, 3.05) is 12.4 Å². The maximum absolute atomic E-state index is 12.9. The number of thiocarbonyl (C=S) groups is 1. The lowest BCUT2D eigenvalue weighted by Gasteiger charge is -2.17. The SMILES string of the molecule is COC(=O)C(C)Nc1ccc(C(N)=S)c(C(F)(F)F)c1. The first kappa shape index (κ1) is 16.2. The van der Waals surface area contributed by atoms with Gasteiger partial charge in [0.05, 0.1) is 12.7 Å². The molecule has 1 atom stereocenters. The first-order chi connectivity index (χ1) is 9.16. The van der Waals surface area contributed by atoms with Crippen LogP contribution >= 0.6 is 12.2 Å². The highest BCUT2D eigenvalue weighted by molar-refractivity contribution is 7.80. The van der Waals surface area contributed by atoms with Crippen molar-refractivity contribution in [3.05, 3.63) is 29.3 Å². The van der Waals surface area contributed by atoms with Gasteiger partial charge in [-0.3, -0.25) is 0 Å². The minimum Gasteiger partial charge on any atom is -0.467 e. The van der Waals surface area contributed by atoms with Crippen LogP contribution in [0.4, 0.5) is 18.9 Å². The first-order valence-electron chi connectivity index (χ1n) is 5.52. The highest BCUT2D eigenvalue weighted by Crippen LogP contribution is 2.34. The smallest absolute Gasteiger partial charge is 0.417 e. The van der Waals surface area contributed by atoms with Crippen molar-refractivity contribution in [3.8, 4) is 0 Å². The van der Waals surface area contributed by atoms with E-state index in [1.165, 1.54) is 20.1 Å². The summed E-state index contributed by atoms with van der Waals surface area (Å²) in [4.78, 5) is 10.9. The Morgan fingerprint density at radius 3 is 2.50 bits per heavy atom. The number of hydrogen-bond acceptors (Lipinski definition) is 4. The van der Waals surface area contributed by atoms with Gasteiger partial charge >= 0.3 is 12.1 Å². The Morgan fingerprint density at radius 2 is 2.05 bits per heavy atom. The van der Waals surface area contributed by atoms with Gasteiger partial charge in [0.15, 0.2) is 0 Å². The second-order valence-electron chi connectivity index (χ2n) is 4.01. The van der Waals surface area contributed by atoms with Gasteiger partial charge in [-0.1, -0.05) is 12.2 Å². The van der Waals surface area contributed by atoms with Crippen LogP contribution in [0.2, 0.25) is 0 Å².